The monoisotopic (exact) mass is 434 g/mol. The Morgan fingerprint density at radius 1 is 1.06 bits per heavy atom. The lowest BCUT2D eigenvalue weighted by molar-refractivity contribution is -0.124. The number of nitrogens with zero attached hydrogens (tertiary/aromatic N) is 3. The minimum atomic E-state index is -1.12. The molecule has 1 aliphatic rings. The Morgan fingerprint density at radius 2 is 1.75 bits per heavy atom. The third kappa shape index (κ3) is 4.40. The van der Waals surface area contributed by atoms with E-state index in [1.165, 1.54) is 0 Å². The summed E-state index contributed by atoms with van der Waals surface area (Å²) in [6, 6.07) is 17.7. The van der Waals surface area contributed by atoms with Crippen LogP contribution in [0, 0.1) is 5.92 Å². The molecule has 6 heteroatoms. The fourth-order valence-electron chi connectivity index (χ4n) is 4.43. The quantitative estimate of drug-likeness (QED) is 0.686. The van der Waals surface area contributed by atoms with Gasteiger partial charge in [-0.2, -0.15) is 0 Å². The zero-order valence-corrected chi connectivity index (χ0v) is 19.5. The summed E-state index contributed by atoms with van der Waals surface area (Å²) in [4.78, 5) is 34.3. The molecule has 0 radical (unpaired) electrons. The molecule has 2 aromatic rings. The van der Waals surface area contributed by atoms with Crippen LogP contribution in [0.3, 0.4) is 0 Å². The number of benzene rings is 2. The second kappa shape index (κ2) is 9.98. The summed E-state index contributed by atoms with van der Waals surface area (Å²) >= 11 is 0. The van der Waals surface area contributed by atoms with Crippen LogP contribution in [-0.4, -0.2) is 54.6 Å². The van der Waals surface area contributed by atoms with Crippen LogP contribution in [0.4, 0.5) is 4.79 Å². The molecule has 1 aliphatic heterocycles. The predicted octanol–water partition coefficient (Wildman–Crippen LogP) is 3.83. The van der Waals surface area contributed by atoms with E-state index in [4.69, 9.17) is 10.7 Å². The number of carbonyl (C=O) groups is 2. The lowest BCUT2D eigenvalue weighted by Gasteiger charge is -2.28. The lowest BCUT2D eigenvalue weighted by atomic mass is 9.76. The summed E-state index contributed by atoms with van der Waals surface area (Å²) in [6.45, 7) is 5.28. The Bertz CT molecular complexity index is 986. The number of urea groups is 1. The Kier molecular flexibility index (Phi) is 7.33. The standard InChI is InChI=1S/C26H34N4O2/c1-5-11-22-23(31)26(28-24(22)27,20-13-8-7-9-14-20)21-15-10-12-19(18-21)16-17-30(6-2)25(32)29(3)4/h7-10,12-15,18,22H,5-6,11,16-17H2,1-4H3,(H2,27,28). The second-order valence-corrected chi connectivity index (χ2v) is 8.53. The summed E-state index contributed by atoms with van der Waals surface area (Å²) in [5.41, 5.74) is 7.90. The van der Waals surface area contributed by atoms with Crippen molar-refractivity contribution >= 4 is 17.6 Å². The van der Waals surface area contributed by atoms with Crippen LogP contribution in [0.5, 0.6) is 0 Å². The van der Waals surface area contributed by atoms with Crippen LogP contribution in [0.25, 0.3) is 0 Å². The van der Waals surface area contributed by atoms with Crippen LogP contribution in [0.15, 0.2) is 59.6 Å². The molecule has 170 valence electrons. The summed E-state index contributed by atoms with van der Waals surface area (Å²) in [5, 5.41) is 0. The summed E-state index contributed by atoms with van der Waals surface area (Å²) in [6.07, 6.45) is 2.25. The van der Waals surface area contributed by atoms with Crippen molar-refractivity contribution in [2.75, 3.05) is 27.2 Å². The van der Waals surface area contributed by atoms with Gasteiger partial charge in [-0.15, -0.1) is 0 Å². The van der Waals surface area contributed by atoms with Gasteiger partial charge in [-0.25, -0.2) is 9.79 Å². The maximum Gasteiger partial charge on any atom is 0.319 e. The highest BCUT2D eigenvalue weighted by molar-refractivity contribution is 6.14. The molecule has 2 unspecified atom stereocenters. The zero-order chi connectivity index (χ0) is 23.3. The lowest BCUT2D eigenvalue weighted by Crippen LogP contribution is -2.40. The first-order chi connectivity index (χ1) is 15.3. The second-order valence-electron chi connectivity index (χ2n) is 8.53. The molecule has 0 spiro atoms. The van der Waals surface area contributed by atoms with Gasteiger partial charge < -0.3 is 15.5 Å². The SMILES string of the molecule is CCCC1C(=O)C(c2ccccc2)(c2cccc(CCN(CC)C(=O)N(C)C)c2)N=C1N. The van der Waals surface area contributed by atoms with Gasteiger partial charge in [-0.05, 0) is 36.5 Å². The first-order valence-corrected chi connectivity index (χ1v) is 11.4. The maximum absolute atomic E-state index is 13.8. The van der Waals surface area contributed by atoms with Gasteiger partial charge in [0.05, 0.1) is 5.92 Å². The molecule has 3 rings (SSSR count). The third-order valence-electron chi connectivity index (χ3n) is 6.15. The Labute approximate surface area is 191 Å². The minimum absolute atomic E-state index is 0.00448. The van der Waals surface area contributed by atoms with Crippen molar-refractivity contribution in [2.24, 2.45) is 16.6 Å². The number of likely N-dealkylation sites (N-methyl/N-ethyl adjacent to an activating group) is 1. The fourth-order valence-corrected chi connectivity index (χ4v) is 4.43. The van der Waals surface area contributed by atoms with Crippen molar-refractivity contribution < 1.29 is 9.59 Å². The van der Waals surface area contributed by atoms with Crippen molar-refractivity contribution in [1.82, 2.24) is 9.80 Å². The molecular weight excluding hydrogens is 400 g/mol. The van der Waals surface area contributed by atoms with Crippen LogP contribution < -0.4 is 5.73 Å². The number of hydrogen-bond donors (Lipinski definition) is 1. The molecule has 0 bridgehead atoms. The smallest absolute Gasteiger partial charge is 0.319 e. The molecule has 0 saturated carbocycles. The molecule has 0 fully saturated rings. The molecule has 0 aromatic heterocycles. The van der Waals surface area contributed by atoms with Crippen molar-refractivity contribution in [3.63, 3.8) is 0 Å². The predicted molar refractivity (Wildman–Crippen MR) is 129 cm³/mol. The average molecular weight is 435 g/mol. The number of amidine groups is 1. The molecule has 1 heterocycles. The molecule has 0 saturated heterocycles. The highest BCUT2D eigenvalue weighted by Crippen LogP contribution is 2.42. The summed E-state index contributed by atoms with van der Waals surface area (Å²) in [7, 11) is 3.52. The van der Waals surface area contributed by atoms with E-state index >= 15 is 0 Å². The number of aliphatic imine (C=N–C) groups is 1. The zero-order valence-electron chi connectivity index (χ0n) is 19.5. The molecule has 2 atom stereocenters. The van der Waals surface area contributed by atoms with E-state index < -0.39 is 5.54 Å². The molecule has 32 heavy (non-hydrogen) atoms. The van der Waals surface area contributed by atoms with Crippen molar-refractivity contribution in [3.05, 3.63) is 71.3 Å². The Balaban J connectivity index is 1.98. The fraction of sp³-hybridized carbons (Fsp3) is 0.423. The van der Waals surface area contributed by atoms with Gasteiger partial charge in [-0.1, -0.05) is 67.9 Å². The van der Waals surface area contributed by atoms with Crippen LogP contribution >= 0.6 is 0 Å². The molecule has 2 N–H and O–H groups in total. The van der Waals surface area contributed by atoms with E-state index in [9.17, 15) is 9.59 Å². The van der Waals surface area contributed by atoms with E-state index in [1.807, 2.05) is 66.4 Å². The van der Waals surface area contributed by atoms with E-state index in [0.717, 1.165) is 23.1 Å². The molecule has 2 amide bonds. The maximum atomic E-state index is 13.8. The van der Waals surface area contributed by atoms with Gasteiger partial charge >= 0.3 is 6.03 Å². The first kappa shape index (κ1) is 23.5. The van der Waals surface area contributed by atoms with Crippen LogP contribution in [0.1, 0.15) is 43.4 Å². The molecule has 2 aromatic carbocycles. The van der Waals surface area contributed by atoms with Gasteiger partial charge in [0.25, 0.3) is 0 Å². The number of ketones is 1. The van der Waals surface area contributed by atoms with Crippen LogP contribution in [0.2, 0.25) is 0 Å². The third-order valence-corrected chi connectivity index (χ3v) is 6.15. The average Bonchev–Trinajstić information content (AvgIpc) is 3.06. The number of amides is 2. The van der Waals surface area contributed by atoms with Gasteiger partial charge in [0, 0.05) is 27.2 Å². The van der Waals surface area contributed by atoms with Crippen molar-refractivity contribution in [2.45, 2.75) is 38.6 Å². The van der Waals surface area contributed by atoms with Crippen molar-refractivity contribution in [1.29, 1.82) is 0 Å². The van der Waals surface area contributed by atoms with E-state index in [2.05, 4.69) is 6.92 Å². The minimum Gasteiger partial charge on any atom is -0.387 e. The van der Waals surface area contributed by atoms with Gasteiger partial charge in [0.2, 0.25) is 0 Å². The van der Waals surface area contributed by atoms with Gasteiger partial charge in [0.1, 0.15) is 5.84 Å². The van der Waals surface area contributed by atoms with E-state index in [0.29, 0.717) is 31.8 Å². The van der Waals surface area contributed by atoms with Crippen molar-refractivity contribution in [3.8, 4) is 0 Å². The van der Waals surface area contributed by atoms with Gasteiger partial charge in [-0.3, -0.25) is 4.79 Å². The van der Waals surface area contributed by atoms with E-state index in [-0.39, 0.29) is 17.7 Å². The molecular formula is C26H34N4O2. The number of Topliss-reactive ketones (excluding diaryl/α,β-unsaturated/α-hetero) is 1. The highest BCUT2D eigenvalue weighted by atomic mass is 16.2. The molecule has 0 aliphatic carbocycles. The van der Waals surface area contributed by atoms with Crippen LogP contribution in [-0.2, 0) is 16.8 Å². The van der Waals surface area contributed by atoms with Gasteiger partial charge in [0.15, 0.2) is 11.3 Å². The Morgan fingerprint density at radius 3 is 2.38 bits per heavy atom. The number of nitrogens with two attached hydrogens (primary N) is 1. The molecule has 6 nitrogen and oxygen atoms in total. The first-order valence-electron chi connectivity index (χ1n) is 11.4. The Hall–Kier alpha value is -3.15. The number of hydrogen-bond acceptors (Lipinski definition) is 4. The van der Waals surface area contributed by atoms with E-state index in [1.54, 1.807) is 19.0 Å². The number of carbonyl (C=O) groups excluding carboxylic acids is 2. The normalized spacial score (nSPS) is 20.2. The number of rotatable bonds is 8. The summed E-state index contributed by atoms with van der Waals surface area (Å²) in [5.74, 6) is 0.0928. The topological polar surface area (TPSA) is 79.0 Å². The summed E-state index contributed by atoms with van der Waals surface area (Å²) < 4.78 is 0. The highest BCUT2D eigenvalue weighted by Gasteiger charge is 2.50. The largest absolute Gasteiger partial charge is 0.387 e.